The van der Waals surface area contributed by atoms with Crippen molar-refractivity contribution in [3.8, 4) is 11.5 Å². The van der Waals surface area contributed by atoms with E-state index in [0.29, 0.717) is 6.07 Å². The normalized spacial score (nSPS) is 12.3. The molecule has 1 unspecified atom stereocenters. The summed E-state index contributed by atoms with van der Waals surface area (Å²) in [5.74, 6) is -7.56. The van der Waals surface area contributed by atoms with E-state index < -0.39 is 105 Å². The number of benzene rings is 2. The topological polar surface area (TPSA) is 302 Å². The first-order valence-electron chi connectivity index (χ1n) is 11.1. The van der Waals surface area contributed by atoms with Crippen LogP contribution in [0.1, 0.15) is 23.2 Å². The number of nitrogens with zero attached hydrogens (tertiary/aromatic N) is 2. The van der Waals surface area contributed by atoms with Crippen molar-refractivity contribution in [2.24, 2.45) is 0 Å². The van der Waals surface area contributed by atoms with E-state index in [9.17, 15) is 62.8 Å². The molecule has 7 N–H and O–H groups in total. The summed E-state index contributed by atoms with van der Waals surface area (Å²) in [5.41, 5.74) is -0.784. The van der Waals surface area contributed by atoms with Crippen molar-refractivity contribution >= 4 is 44.6 Å². The second kappa shape index (κ2) is 17.1. The van der Waals surface area contributed by atoms with Gasteiger partial charge in [-0.25, -0.2) is 0 Å². The van der Waals surface area contributed by atoms with Crippen LogP contribution in [0, 0.1) is 0 Å². The van der Waals surface area contributed by atoms with Crippen LogP contribution in [-0.4, -0.2) is 116 Å². The molecule has 18 nitrogen and oxygen atoms in total. The third-order valence-electron chi connectivity index (χ3n) is 5.37. The minimum Gasteiger partial charge on any atom is -0.508 e. The molecule has 0 aromatic heterocycles. The standard InChI is InChI=1S/C22H24N2O13S.Mn.O3S/c25-15-4-2-1-3-13(15)19(21(31)32)23(10-17(27)28)7-8-24(11-18(29)30)20(22(33)34)14-9-12(38(35,36)37)5-6-16(14)26;;1-4(2)3/h1-6,9,19-20,25-26H,7-8,10-11H2,(H,27,28)(H,29,30)(H,31,32)(H,33,34)(H,35,36,37);;/q;+2;/t19?,20-;;/m0../s1. The van der Waals surface area contributed by atoms with Crippen molar-refractivity contribution in [3.63, 3.8) is 0 Å². The predicted octanol–water partition coefficient (Wildman–Crippen LogP) is -0.937. The van der Waals surface area contributed by atoms with Gasteiger partial charge in [-0.05, 0) is 24.3 Å². The van der Waals surface area contributed by atoms with Crippen molar-refractivity contribution in [2.75, 3.05) is 26.2 Å². The Bertz CT molecular complexity index is 1540. The van der Waals surface area contributed by atoms with Crippen LogP contribution in [0.4, 0.5) is 0 Å². The molecule has 2 aromatic rings. The molecule has 2 aromatic carbocycles. The zero-order valence-electron chi connectivity index (χ0n) is 21.4. The molecule has 2 atom stereocenters. The Hall–Kier alpha value is -4.11. The molecule has 1 radical (unpaired) electrons. The summed E-state index contributed by atoms with van der Waals surface area (Å²) in [6.07, 6.45) is 0. The second-order valence-corrected chi connectivity index (χ2v) is 10.00. The van der Waals surface area contributed by atoms with Crippen molar-refractivity contribution in [1.29, 1.82) is 0 Å². The summed E-state index contributed by atoms with van der Waals surface area (Å²) in [7, 11) is -7.96. The molecule has 0 saturated carbocycles. The Balaban J connectivity index is 0.00000331. The summed E-state index contributed by atoms with van der Waals surface area (Å²) in [5, 5.41) is 58.7. The number of hydrogen-bond donors (Lipinski definition) is 7. The smallest absolute Gasteiger partial charge is 0.508 e. The summed E-state index contributed by atoms with van der Waals surface area (Å²) in [4.78, 5) is 48.1. The maximum atomic E-state index is 12.2. The molecule has 0 bridgehead atoms. The average molecular weight is 692 g/mol. The SMILES string of the molecule is O=C(O)CN(CCN(CC(=O)O)[C@H](C(=O)O)c1cc(S(=O)(=O)O)ccc1O)C(C(=O)O)c1ccccc1O.O=S(=O)=O.[Mn+2]. The molecule has 21 heteroatoms. The zero-order valence-corrected chi connectivity index (χ0v) is 24.2. The van der Waals surface area contributed by atoms with Gasteiger partial charge in [-0.15, -0.1) is 12.6 Å². The Morgan fingerprint density at radius 1 is 0.721 bits per heavy atom. The first kappa shape index (κ1) is 38.9. The molecule has 235 valence electrons. The van der Waals surface area contributed by atoms with Gasteiger partial charge in [0, 0.05) is 24.2 Å². The van der Waals surface area contributed by atoms with E-state index in [4.69, 9.17) is 12.6 Å². The molecule has 0 amide bonds. The molecular formula is C22H24MnN2O16S2+2. The summed E-state index contributed by atoms with van der Waals surface area (Å²) >= 11 is 0. The predicted molar refractivity (Wildman–Crippen MR) is 135 cm³/mol. The van der Waals surface area contributed by atoms with E-state index in [-0.39, 0.29) is 22.6 Å². The van der Waals surface area contributed by atoms with Crippen molar-refractivity contribution in [1.82, 2.24) is 9.80 Å². The monoisotopic (exact) mass is 691 g/mol. The van der Waals surface area contributed by atoms with Gasteiger partial charge in [-0.3, -0.25) is 33.5 Å². The Kier molecular flexibility index (Phi) is 15.5. The van der Waals surface area contributed by atoms with Crippen LogP contribution in [0.5, 0.6) is 11.5 Å². The maximum absolute atomic E-state index is 12.2. The fraction of sp³-hybridized carbons (Fsp3) is 0.273. The number of carboxylic acids is 4. The third kappa shape index (κ3) is 12.3. The van der Waals surface area contributed by atoms with E-state index >= 15 is 0 Å². The van der Waals surface area contributed by atoms with Crippen molar-refractivity contribution in [2.45, 2.75) is 17.0 Å². The van der Waals surface area contributed by atoms with Gasteiger partial charge < -0.3 is 30.6 Å². The number of phenols is 2. The molecular weight excluding hydrogens is 667 g/mol. The fourth-order valence-corrected chi connectivity index (χ4v) is 4.32. The van der Waals surface area contributed by atoms with Crippen molar-refractivity contribution in [3.05, 3.63) is 53.6 Å². The number of aromatic hydroxyl groups is 2. The van der Waals surface area contributed by atoms with Gasteiger partial charge >= 0.3 is 51.6 Å². The van der Waals surface area contributed by atoms with Gasteiger partial charge in [0.25, 0.3) is 10.1 Å². The van der Waals surface area contributed by atoms with Crippen LogP contribution in [0.15, 0.2) is 47.4 Å². The summed E-state index contributed by atoms with van der Waals surface area (Å²) < 4.78 is 57.7. The second-order valence-electron chi connectivity index (χ2n) is 8.17. The van der Waals surface area contributed by atoms with Crippen LogP contribution in [0.2, 0.25) is 0 Å². The quantitative estimate of drug-likeness (QED) is 0.0929. The first-order valence-corrected chi connectivity index (χ1v) is 13.5. The van der Waals surface area contributed by atoms with E-state index in [1.807, 2.05) is 0 Å². The van der Waals surface area contributed by atoms with Gasteiger partial charge in [-0.1, -0.05) is 18.2 Å². The first-order chi connectivity index (χ1) is 19.4. The minimum atomic E-state index is -4.85. The minimum absolute atomic E-state index is 0. The van der Waals surface area contributed by atoms with Crippen LogP contribution in [0.25, 0.3) is 0 Å². The molecule has 0 aliphatic carbocycles. The number of para-hydroxylation sites is 1. The number of carboxylic acid groups (broad SMARTS) is 4. The molecule has 0 heterocycles. The van der Waals surface area contributed by atoms with Crippen LogP contribution < -0.4 is 0 Å². The van der Waals surface area contributed by atoms with Gasteiger partial charge in [-0.2, -0.15) is 8.42 Å². The van der Waals surface area contributed by atoms with Gasteiger partial charge in [0.05, 0.1) is 18.0 Å². The number of rotatable bonds is 14. The van der Waals surface area contributed by atoms with E-state index in [1.54, 1.807) is 0 Å². The molecule has 0 saturated heterocycles. The fourth-order valence-electron chi connectivity index (χ4n) is 3.81. The third-order valence-corrected chi connectivity index (χ3v) is 6.22. The summed E-state index contributed by atoms with van der Waals surface area (Å²) in [6.45, 7) is -3.09. The molecule has 0 aliphatic rings. The molecule has 2 rings (SSSR count). The number of phenolic OH excluding ortho intramolecular Hbond substituents is 2. The van der Waals surface area contributed by atoms with Crippen molar-refractivity contribution < 1.29 is 92.5 Å². The molecule has 43 heavy (non-hydrogen) atoms. The van der Waals surface area contributed by atoms with Gasteiger partial charge in [0.2, 0.25) is 0 Å². The number of aliphatic carboxylic acids is 4. The van der Waals surface area contributed by atoms with Gasteiger partial charge in [0.15, 0.2) is 0 Å². The Morgan fingerprint density at radius 3 is 1.49 bits per heavy atom. The molecule has 0 fully saturated rings. The van der Waals surface area contributed by atoms with Crippen LogP contribution >= 0.6 is 0 Å². The Morgan fingerprint density at radius 2 is 1.12 bits per heavy atom. The molecule has 0 aliphatic heterocycles. The molecule has 0 spiro atoms. The average Bonchev–Trinajstić information content (AvgIpc) is 2.82. The van der Waals surface area contributed by atoms with Crippen LogP contribution in [0.3, 0.4) is 0 Å². The van der Waals surface area contributed by atoms with E-state index in [2.05, 4.69) is 0 Å². The summed E-state index contributed by atoms with van der Waals surface area (Å²) in [6, 6.07) is 3.64. The Labute approximate surface area is 254 Å². The number of hydrogen-bond acceptors (Lipinski definition) is 13. The largest absolute Gasteiger partial charge is 2.00 e. The van der Waals surface area contributed by atoms with Gasteiger partial charge in [0.1, 0.15) is 23.6 Å². The van der Waals surface area contributed by atoms with E-state index in [0.717, 1.165) is 21.9 Å². The zero-order chi connectivity index (χ0) is 32.4. The van der Waals surface area contributed by atoms with Crippen LogP contribution in [-0.2, 0) is 57.0 Å². The number of carbonyl (C=O) groups is 4. The maximum Gasteiger partial charge on any atom is 2.00 e. The van der Waals surface area contributed by atoms with E-state index in [1.165, 1.54) is 24.3 Å².